The maximum Gasteiger partial charge on any atom is 0.343 e. The third kappa shape index (κ3) is 5.60. The zero-order valence-electron chi connectivity index (χ0n) is 19.9. The van der Waals surface area contributed by atoms with Gasteiger partial charge >= 0.3 is 5.97 Å². The molecule has 4 aromatic rings. The van der Waals surface area contributed by atoms with E-state index < -0.39 is 0 Å². The Kier molecular flexibility index (Phi) is 6.91. The highest BCUT2D eigenvalue weighted by Gasteiger charge is 2.31. The van der Waals surface area contributed by atoms with Crippen LogP contribution in [-0.2, 0) is 10.9 Å². The van der Waals surface area contributed by atoms with Crippen molar-refractivity contribution in [3.63, 3.8) is 0 Å². The predicted molar refractivity (Wildman–Crippen MR) is 140 cm³/mol. The first kappa shape index (κ1) is 23.3. The average molecular weight is 482 g/mol. The maximum absolute atomic E-state index is 13.0. The van der Waals surface area contributed by atoms with Gasteiger partial charge in [0.15, 0.2) is 14.7 Å². The summed E-state index contributed by atoms with van der Waals surface area (Å²) in [5.41, 5.74) is 0.443. The first-order valence-electron chi connectivity index (χ1n) is 12.1. The van der Waals surface area contributed by atoms with Crippen molar-refractivity contribution < 1.29 is 14.3 Å². The van der Waals surface area contributed by atoms with Gasteiger partial charge in [0.05, 0.1) is 16.5 Å². The number of esters is 1. The van der Waals surface area contributed by atoms with Crippen LogP contribution < -0.4 is 9.47 Å². The van der Waals surface area contributed by atoms with Gasteiger partial charge in [-0.05, 0) is 93.3 Å². The number of carbonyl (C=O) groups excluding carboxylic acids is 1. The zero-order chi connectivity index (χ0) is 24.1. The molecular formula is C31H29O3S+. The average Bonchev–Trinajstić information content (AvgIpc) is 3.33. The van der Waals surface area contributed by atoms with Gasteiger partial charge < -0.3 is 9.47 Å². The molecule has 1 fully saturated rings. The lowest BCUT2D eigenvalue weighted by Crippen LogP contribution is -2.27. The van der Waals surface area contributed by atoms with Crippen LogP contribution in [0, 0.1) is 0 Å². The minimum atomic E-state index is -0.368. The van der Waals surface area contributed by atoms with Gasteiger partial charge in [0.2, 0.25) is 0 Å². The summed E-state index contributed by atoms with van der Waals surface area (Å²) in [6.45, 7) is 2.17. The van der Waals surface area contributed by atoms with E-state index >= 15 is 0 Å². The SMILES string of the molecule is CC1(Oc2ccc(OC(=O)c3cccc([S+](c4ccccc4)c4ccccc4)c3)cc2)CCCC1. The fraction of sp³-hybridized carbons (Fsp3) is 0.194. The van der Waals surface area contributed by atoms with Gasteiger partial charge in [-0.2, -0.15) is 0 Å². The summed E-state index contributed by atoms with van der Waals surface area (Å²) >= 11 is 0. The van der Waals surface area contributed by atoms with E-state index in [9.17, 15) is 4.79 Å². The van der Waals surface area contributed by atoms with Gasteiger partial charge in [0, 0.05) is 6.07 Å². The normalized spacial score (nSPS) is 14.6. The first-order chi connectivity index (χ1) is 17.1. The molecule has 0 spiro atoms. The fourth-order valence-corrected chi connectivity index (χ4v) is 6.66. The van der Waals surface area contributed by atoms with Crippen LogP contribution in [0.5, 0.6) is 11.5 Å². The Morgan fingerprint density at radius 3 is 1.83 bits per heavy atom. The molecule has 0 aliphatic heterocycles. The Bertz CT molecular complexity index is 1220. The summed E-state index contributed by atoms with van der Waals surface area (Å²) in [6.07, 6.45) is 4.57. The molecule has 0 radical (unpaired) electrons. The van der Waals surface area contributed by atoms with Crippen LogP contribution in [0.15, 0.2) is 124 Å². The van der Waals surface area contributed by atoms with Crippen molar-refractivity contribution in [3.05, 3.63) is 115 Å². The molecule has 0 atom stereocenters. The topological polar surface area (TPSA) is 35.5 Å². The second-order valence-electron chi connectivity index (χ2n) is 9.08. The highest BCUT2D eigenvalue weighted by atomic mass is 32.2. The minimum absolute atomic E-state index is 0.0898. The number of hydrogen-bond donors (Lipinski definition) is 0. The molecule has 0 N–H and O–H groups in total. The van der Waals surface area contributed by atoms with Crippen LogP contribution in [0.2, 0.25) is 0 Å². The van der Waals surface area contributed by atoms with Crippen molar-refractivity contribution in [2.75, 3.05) is 0 Å². The number of benzene rings is 4. The largest absolute Gasteiger partial charge is 0.488 e. The first-order valence-corrected chi connectivity index (χ1v) is 13.3. The molecule has 4 aromatic carbocycles. The molecule has 0 saturated heterocycles. The van der Waals surface area contributed by atoms with Crippen LogP contribution in [-0.4, -0.2) is 11.6 Å². The second-order valence-corrected chi connectivity index (χ2v) is 11.1. The van der Waals surface area contributed by atoms with E-state index in [1.807, 2.05) is 42.5 Å². The molecule has 0 amide bonds. The Morgan fingerprint density at radius 2 is 1.23 bits per heavy atom. The minimum Gasteiger partial charge on any atom is -0.488 e. The van der Waals surface area contributed by atoms with E-state index in [1.165, 1.54) is 22.6 Å². The number of ether oxygens (including phenoxy) is 2. The summed E-state index contributed by atoms with van der Waals surface area (Å²) < 4.78 is 11.9. The Labute approximate surface area is 210 Å². The molecule has 0 unspecified atom stereocenters. The summed E-state index contributed by atoms with van der Waals surface area (Å²) in [5, 5.41) is 0. The Morgan fingerprint density at radius 1 is 0.686 bits per heavy atom. The molecule has 0 aromatic heterocycles. The predicted octanol–water partition coefficient (Wildman–Crippen LogP) is 7.71. The van der Waals surface area contributed by atoms with E-state index in [1.54, 1.807) is 12.1 Å². The summed E-state index contributed by atoms with van der Waals surface area (Å²) in [5.74, 6) is 0.952. The highest BCUT2D eigenvalue weighted by Crippen LogP contribution is 2.35. The van der Waals surface area contributed by atoms with E-state index in [4.69, 9.17) is 9.47 Å². The van der Waals surface area contributed by atoms with Crippen LogP contribution in [0.1, 0.15) is 43.0 Å². The summed E-state index contributed by atoms with van der Waals surface area (Å²) in [6, 6.07) is 35.9. The van der Waals surface area contributed by atoms with Gasteiger partial charge in [-0.15, -0.1) is 0 Å². The lowest BCUT2D eigenvalue weighted by Gasteiger charge is -2.25. The van der Waals surface area contributed by atoms with Gasteiger partial charge in [-0.3, -0.25) is 0 Å². The van der Waals surface area contributed by atoms with E-state index in [0.717, 1.165) is 23.5 Å². The van der Waals surface area contributed by atoms with Crippen molar-refractivity contribution in [1.29, 1.82) is 0 Å². The van der Waals surface area contributed by atoms with Crippen molar-refractivity contribution in [2.24, 2.45) is 0 Å². The molecule has 176 valence electrons. The number of rotatable bonds is 7. The van der Waals surface area contributed by atoms with Gasteiger partial charge in [-0.25, -0.2) is 4.79 Å². The van der Waals surface area contributed by atoms with Gasteiger partial charge in [0.25, 0.3) is 0 Å². The van der Waals surface area contributed by atoms with E-state index in [0.29, 0.717) is 11.3 Å². The van der Waals surface area contributed by atoms with Crippen molar-refractivity contribution in [2.45, 2.75) is 52.9 Å². The van der Waals surface area contributed by atoms with Gasteiger partial charge in [0.1, 0.15) is 17.1 Å². The quantitative estimate of drug-likeness (QED) is 0.154. The third-order valence-electron chi connectivity index (χ3n) is 6.32. The fourth-order valence-electron chi connectivity index (χ4n) is 4.52. The molecule has 1 aliphatic rings. The molecule has 3 nitrogen and oxygen atoms in total. The van der Waals surface area contributed by atoms with Crippen LogP contribution in [0.25, 0.3) is 0 Å². The molecule has 35 heavy (non-hydrogen) atoms. The van der Waals surface area contributed by atoms with Crippen molar-refractivity contribution in [3.8, 4) is 11.5 Å². The smallest absolute Gasteiger partial charge is 0.343 e. The molecule has 5 rings (SSSR count). The molecular weight excluding hydrogens is 452 g/mol. The monoisotopic (exact) mass is 481 g/mol. The lowest BCUT2D eigenvalue weighted by molar-refractivity contribution is 0.0732. The molecule has 4 heteroatoms. The highest BCUT2D eigenvalue weighted by molar-refractivity contribution is 7.97. The number of carbonyl (C=O) groups is 1. The van der Waals surface area contributed by atoms with E-state index in [-0.39, 0.29) is 22.5 Å². The lowest BCUT2D eigenvalue weighted by atomic mass is 10.1. The zero-order valence-corrected chi connectivity index (χ0v) is 20.7. The third-order valence-corrected chi connectivity index (χ3v) is 8.54. The molecule has 0 bridgehead atoms. The van der Waals surface area contributed by atoms with Crippen molar-refractivity contribution >= 4 is 16.9 Å². The number of hydrogen-bond acceptors (Lipinski definition) is 3. The second kappa shape index (κ2) is 10.4. The Hall–Kier alpha value is -3.50. The standard InChI is InChI=1S/C31H29O3S/c1-31(21-8-9-22-31)34-26-19-17-25(18-20-26)33-30(32)24-11-10-16-29(23-24)35(27-12-4-2-5-13-27)28-14-6-3-7-15-28/h2-7,10-20,23H,8-9,21-22H2,1H3/q+1. The van der Waals surface area contributed by atoms with E-state index in [2.05, 4.69) is 61.5 Å². The molecule has 1 aliphatic carbocycles. The summed E-state index contributed by atoms with van der Waals surface area (Å²) in [4.78, 5) is 16.5. The van der Waals surface area contributed by atoms with Crippen LogP contribution in [0.4, 0.5) is 0 Å². The maximum atomic E-state index is 13.0. The van der Waals surface area contributed by atoms with Gasteiger partial charge in [-0.1, -0.05) is 42.5 Å². The molecule has 1 saturated carbocycles. The van der Waals surface area contributed by atoms with Crippen LogP contribution in [0.3, 0.4) is 0 Å². The van der Waals surface area contributed by atoms with Crippen molar-refractivity contribution in [1.82, 2.24) is 0 Å². The Balaban J connectivity index is 1.35. The van der Waals surface area contributed by atoms with Crippen LogP contribution >= 0.6 is 0 Å². The summed E-state index contributed by atoms with van der Waals surface area (Å²) in [7, 11) is -0.322. The molecule has 0 heterocycles.